The number of thioether (sulfide) groups is 1. The van der Waals surface area contributed by atoms with Crippen molar-refractivity contribution in [2.45, 2.75) is 30.7 Å². The van der Waals surface area contributed by atoms with E-state index < -0.39 is 0 Å². The SMILES string of the molecule is CCCN(C(=O)c1cc(SC)ccc1Cl)C1CCNC1.Cl. The van der Waals surface area contributed by atoms with E-state index in [4.69, 9.17) is 11.6 Å². The van der Waals surface area contributed by atoms with Crippen LogP contribution in [0.5, 0.6) is 0 Å². The summed E-state index contributed by atoms with van der Waals surface area (Å²) in [6, 6.07) is 5.96. The van der Waals surface area contributed by atoms with E-state index in [2.05, 4.69) is 12.2 Å². The van der Waals surface area contributed by atoms with Crippen LogP contribution in [0.15, 0.2) is 23.1 Å². The number of hydrogen-bond donors (Lipinski definition) is 1. The molecule has 0 saturated carbocycles. The van der Waals surface area contributed by atoms with Crippen molar-refractivity contribution in [1.82, 2.24) is 10.2 Å². The second-order valence-electron chi connectivity index (χ2n) is 4.99. The lowest BCUT2D eigenvalue weighted by atomic mass is 10.1. The Morgan fingerprint density at radius 3 is 2.86 bits per heavy atom. The number of nitrogens with zero attached hydrogens (tertiary/aromatic N) is 1. The van der Waals surface area contributed by atoms with Crippen LogP contribution in [-0.2, 0) is 0 Å². The predicted octanol–water partition coefficient (Wildman–Crippen LogP) is 3.70. The summed E-state index contributed by atoms with van der Waals surface area (Å²) in [5, 5.41) is 3.87. The van der Waals surface area contributed by atoms with Crippen molar-refractivity contribution in [3.63, 3.8) is 0 Å². The Morgan fingerprint density at radius 1 is 1.52 bits per heavy atom. The molecule has 1 N–H and O–H groups in total. The van der Waals surface area contributed by atoms with Gasteiger partial charge in [0, 0.05) is 24.0 Å². The molecule has 1 amide bonds. The summed E-state index contributed by atoms with van der Waals surface area (Å²) in [4.78, 5) is 15.9. The monoisotopic (exact) mass is 348 g/mol. The standard InChI is InChI=1S/C15H21ClN2OS.ClH/c1-3-8-18(11-6-7-17-10-11)15(19)13-9-12(20-2)4-5-14(13)16;/h4-5,9,11,17H,3,6-8,10H2,1-2H3;1H. The molecule has 1 heterocycles. The molecule has 0 spiro atoms. The fourth-order valence-electron chi connectivity index (χ4n) is 2.55. The highest BCUT2D eigenvalue weighted by molar-refractivity contribution is 7.98. The van der Waals surface area contributed by atoms with Gasteiger partial charge in [0.2, 0.25) is 0 Å². The van der Waals surface area contributed by atoms with Crippen LogP contribution in [0.4, 0.5) is 0 Å². The topological polar surface area (TPSA) is 32.3 Å². The number of hydrogen-bond acceptors (Lipinski definition) is 3. The minimum atomic E-state index is 0. The molecule has 1 aliphatic rings. The molecule has 1 fully saturated rings. The van der Waals surface area contributed by atoms with E-state index in [1.807, 2.05) is 29.4 Å². The van der Waals surface area contributed by atoms with Gasteiger partial charge in [0.05, 0.1) is 10.6 Å². The van der Waals surface area contributed by atoms with Gasteiger partial charge < -0.3 is 10.2 Å². The summed E-state index contributed by atoms with van der Waals surface area (Å²) in [5.41, 5.74) is 0.624. The van der Waals surface area contributed by atoms with Gasteiger partial charge >= 0.3 is 0 Å². The third-order valence-electron chi connectivity index (χ3n) is 3.60. The van der Waals surface area contributed by atoms with E-state index in [9.17, 15) is 4.79 Å². The van der Waals surface area contributed by atoms with Crippen molar-refractivity contribution < 1.29 is 4.79 Å². The normalized spacial score (nSPS) is 17.4. The molecule has 1 unspecified atom stereocenters. The Balaban J connectivity index is 0.00000220. The number of carbonyl (C=O) groups is 1. The molecule has 0 bridgehead atoms. The molecular formula is C15H22Cl2N2OS. The highest BCUT2D eigenvalue weighted by Gasteiger charge is 2.27. The first kappa shape index (κ1) is 18.6. The third kappa shape index (κ3) is 4.52. The van der Waals surface area contributed by atoms with Crippen LogP contribution in [0, 0.1) is 0 Å². The van der Waals surface area contributed by atoms with E-state index in [0.717, 1.165) is 37.4 Å². The Morgan fingerprint density at radius 2 is 2.29 bits per heavy atom. The molecule has 21 heavy (non-hydrogen) atoms. The van der Waals surface area contributed by atoms with Gasteiger partial charge in [-0.15, -0.1) is 24.2 Å². The molecule has 3 nitrogen and oxygen atoms in total. The van der Waals surface area contributed by atoms with Crippen LogP contribution in [-0.4, -0.2) is 42.7 Å². The van der Waals surface area contributed by atoms with Crippen LogP contribution in [0.25, 0.3) is 0 Å². The van der Waals surface area contributed by atoms with Crippen molar-refractivity contribution in [3.8, 4) is 0 Å². The average molecular weight is 349 g/mol. The highest BCUT2D eigenvalue weighted by Crippen LogP contribution is 2.25. The summed E-state index contributed by atoms with van der Waals surface area (Å²) >= 11 is 7.85. The van der Waals surface area contributed by atoms with Crippen LogP contribution < -0.4 is 5.32 Å². The van der Waals surface area contributed by atoms with Crippen LogP contribution in [0.2, 0.25) is 5.02 Å². The zero-order valence-electron chi connectivity index (χ0n) is 12.4. The van der Waals surface area contributed by atoms with E-state index in [0.29, 0.717) is 10.6 Å². The molecule has 0 aromatic heterocycles. The van der Waals surface area contributed by atoms with Gasteiger partial charge in [0.1, 0.15) is 0 Å². The number of halogens is 2. The predicted molar refractivity (Wildman–Crippen MR) is 93.1 cm³/mol. The number of nitrogens with one attached hydrogen (secondary N) is 1. The molecule has 1 aromatic carbocycles. The Labute approximate surface area is 142 Å². The maximum Gasteiger partial charge on any atom is 0.255 e. The number of amides is 1. The van der Waals surface area contributed by atoms with E-state index in [1.54, 1.807) is 11.8 Å². The fraction of sp³-hybridized carbons (Fsp3) is 0.533. The number of carbonyl (C=O) groups excluding carboxylic acids is 1. The smallest absolute Gasteiger partial charge is 0.255 e. The van der Waals surface area contributed by atoms with Crippen molar-refractivity contribution in [3.05, 3.63) is 28.8 Å². The molecule has 0 aliphatic carbocycles. The first-order chi connectivity index (χ1) is 9.67. The first-order valence-electron chi connectivity index (χ1n) is 7.02. The van der Waals surface area contributed by atoms with Gasteiger partial charge in [0.15, 0.2) is 0 Å². The molecule has 1 atom stereocenters. The largest absolute Gasteiger partial charge is 0.334 e. The molecule has 0 radical (unpaired) electrons. The van der Waals surface area contributed by atoms with Gasteiger partial charge in [-0.05, 0) is 43.8 Å². The number of benzene rings is 1. The van der Waals surface area contributed by atoms with Gasteiger partial charge in [-0.1, -0.05) is 18.5 Å². The quantitative estimate of drug-likeness (QED) is 0.823. The van der Waals surface area contributed by atoms with Gasteiger partial charge in [-0.25, -0.2) is 0 Å². The molecule has 1 saturated heterocycles. The maximum absolute atomic E-state index is 12.8. The first-order valence-corrected chi connectivity index (χ1v) is 8.62. The second-order valence-corrected chi connectivity index (χ2v) is 6.28. The lowest BCUT2D eigenvalue weighted by molar-refractivity contribution is 0.0692. The summed E-state index contributed by atoms with van der Waals surface area (Å²) in [5.74, 6) is 0.0569. The van der Waals surface area contributed by atoms with E-state index >= 15 is 0 Å². The van der Waals surface area contributed by atoms with Crippen molar-refractivity contribution >= 4 is 41.7 Å². The van der Waals surface area contributed by atoms with Gasteiger partial charge in [-0.2, -0.15) is 0 Å². The lowest BCUT2D eigenvalue weighted by Crippen LogP contribution is -2.42. The minimum absolute atomic E-state index is 0. The second kappa shape index (κ2) is 8.89. The van der Waals surface area contributed by atoms with Crippen LogP contribution >= 0.6 is 35.8 Å². The van der Waals surface area contributed by atoms with Gasteiger partial charge in [0.25, 0.3) is 5.91 Å². The minimum Gasteiger partial charge on any atom is -0.334 e. The van der Waals surface area contributed by atoms with Gasteiger partial charge in [-0.3, -0.25) is 4.79 Å². The molecule has 1 aromatic rings. The molecule has 2 rings (SSSR count). The zero-order chi connectivity index (χ0) is 14.5. The Bertz CT molecular complexity index is 479. The lowest BCUT2D eigenvalue weighted by Gasteiger charge is -2.28. The molecule has 6 heteroatoms. The zero-order valence-corrected chi connectivity index (χ0v) is 14.8. The van der Waals surface area contributed by atoms with Crippen molar-refractivity contribution in [2.75, 3.05) is 25.9 Å². The van der Waals surface area contributed by atoms with Crippen LogP contribution in [0.1, 0.15) is 30.1 Å². The van der Waals surface area contributed by atoms with Crippen molar-refractivity contribution in [2.24, 2.45) is 0 Å². The number of rotatable bonds is 5. The third-order valence-corrected chi connectivity index (χ3v) is 4.66. The van der Waals surface area contributed by atoms with Crippen LogP contribution in [0.3, 0.4) is 0 Å². The fourth-order valence-corrected chi connectivity index (χ4v) is 3.18. The maximum atomic E-state index is 12.8. The average Bonchev–Trinajstić information content (AvgIpc) is 2.98. The summed E-state index contributed by atoms with van der Waals surface area (Å²) in [7, 11) is 0. The summed E-state index contributed by atoms with van der Waals surface area (Å²) < 4.78 is 0. The van der Waals surface area contributed by atoms with E-state index in [1.165, 1.54) is 0 Å². The molecular weight excluding hydrogens is 327 g/mol. The highest BCUT2D eigenvalue weighted by atomic mass is 35.5. The van der Waals surface area contributed by atoms with Crippen molar-refractivity contribution in [1.29, 1.82) is 0 Å². The Kier molecular flexibility index (Phi) is 7.88. The summed E-state index contributed by atoms with van der Waals surface area (Å²) in [6.45, 7) is 4.75. The summed E-state index contributed by atoms with van der Waals surface area (Å²) in [6.07, 6.45) is 3.98. The molecule has 1 aliphatic heterocycles. The molecule has 118 valence electrons. The van der Waals surface area contributed by atoms with E-state index in [-0.39, 0.29) is 24.4 Å². The Hall–Kier alpha value is -0.420.